The number of carbonyl (C=O) groups is 1. The van der Waals surface area contributed by atoms with Crippen molar-refractivity contribution in [2.75, 3.05) is 6.54 Å². The normalized spacial score (nSPS) is 25.6. The number of nitrogens with one attached hydrogen (secondary N) is 1. The van der Waals surface area contributed by atoms with Crippen LogP contribution in [0.25, 0.3) is 0 Å². The van der Waals surface area contributed by atoms with Gasteiger partial charge in [-0.3, -0.25) is 4.79 Å². The van der Waals surface area contributed by atoms with E-state index in [2.05, 4.69) is 31.0 Å². The predicted octanol–water partition coefficient (Wildman–Crippen LogP) is 2.61. The third-order valence-electron chi connectivity index (χ3n) is 3.71. The van der Waals surface area contributed by atoms with E-state index in [9.17, 15) is 4.79 Å². The van der Waals surface area contributed by atoms with Crippen molar-refractivity contribution in [3.63, 3.8) is 0 Å². The van der Waals surface area contributed by atoms with Gasteiger partial charge in [0.15, 0.2) is 0 Å². The zero-order valence-electron chi connectivity index (χ0n) is 12.1. The highest BCUT2D eigenvalue weighted by atomic mass is 32.1. The fourth-order valence-corrected chi connectivity index (χ4v) is 3.80. The first-order valence-corrected chi connectivity index (χ1v) is 8.05. The van der Waals surface area contributed by atoms with Crippen LogP contribution in [0.5, 0.6) is 0 Å². The highest BCUT2D eigenvalue weighted by molar-refractivity contribution is 7.12. The van der Waals surface area contributed by atoms with Crippen LogP contribution in [-0.4, -0.2) is 18.5 Å². The number of carbonyl (C=O) groups excluding carboxylic acids is 1. The minimum atomic E-state index is 0.00706. The molecule has 20 heavy (non-hydrogen) atoms. The molecule has 0 spiro atoms. The smallest absolute Gasteiger partial charge is 0.262 e. The minimum absolute atomic E-state index is 0.00706. The molecule has 1 aliphatic rings. The van der Waals surface area contributed by atoms with E-state index in [-0.39, 0.29) is 5.91 Å². The molecular weight excluding hydrogens is 268 g/mol. The number of amides is 1. The third kappa shape index (κ3) is 3.84. The number of rotatable bonds is 2. The van der Waals surface area contributed by atoms with Crippen molar-refractivity contribution in [2.45, 2.75) is 39.2 Å². The van der Waals surface area contributed by atoms with Gasteiger partial charge in [0.25, 0.3) is 5.91 Å². The van der Waals surface area contributed by atoms with Gasteiger partial charge in [-0.15, -0.1) is 11.3 Å². The van der Waals surface area contributed by atoms with Gasteiger partial charge in [-0.1, -0.05) is 25.7 Å². The quantitative estimate of drug-likeness (QED) is 0.823. The lowest BCUT2D eigenvalue weighted by Crippen LogP contribution is -2.39. The Kier molecular flexibility index (Phi) is 5.22. The number of thiophene rings is 1. The van der Waals surface area contributed by atoms with E-state index in [1.54, 1.807) is 0 Å². The molecule has 0 aliphatic heterocycles. The average Bonchev–Trinajstić information content (AvgIpc) is 2.83. The van der Waals surface area contributed by atoms with Gasteiger partial charge in [-0.2, -0.15) is 0 Å². The first-order chi connectivity index (χ1) is 9.60. The number of hydrogen-bond acceptors (Lipinski definition) is 3. The first kappa shape index (κ1) is 15.1. The number of nitrogens with two attached hydrogens (primary N) is 1. The molecule has 1 fully saturated rings. The summed E-state index contributed by atoms with van der Waals surface area (Å²) in [5.74, 6) is 7.15. The maximum Gasteiger partial charge on any atom is 0.262 e. The summed E-state index contributed by atoms with van der Waals surface area (Å²) in [5.41, 5.74) is 6.17. The summed E-state index contributed by atoms with van der Waals surface area (Å²) in [4.78, 5) is 13.1. The highest BCUT2D eigenvalue weighted by Crippen LogP contribution is 2.29. The lowest BCUT2D eigenvalue weighted by molar-refractivity contribution is 0.0915. The second kappa shape index (κ2) is 6.92. The Bertz CT molecular complexity index is 516. The molecule has 4 heteroatoms. The van der Waals surface area contributed by atoms with E-state index >= 15 is 0 Å². The van der Waals surface area contributed by atoms with E-state index in [0.717, 1.165) is 18.4 Å². The summed E-state index contributed by atoms with van der Waals surface area (Å²) in [6, 6.07) is 2.17. The van der Waals surface area contributed by atoms with E-state index in [0.29, 0.717) is 29.3 Å². The Labute approximate surface area is 124 Å². The molecule has 0 radical (unpaired) electrons. The third-order valence-corrected chi connectivity index (χ3v) is 4.62. The molecule has 3 N–H and O–H groups in total. The molecule has 0 saturated heterocycles. The van der Waals surface area contributed by atoms with Crippen LogP contribution < -0.4 is 11.1 Å². The summed E-state index contributed by atoms with van der Waals surface area (Å²) < 4.78 is 0. The lowest BCUT2D eigenvalue weighted by Gasteiger charge is -2.31. The maximum atomic E-state index is 12.4. The molecular formula is C16H22N2OS. The van der Waals surface area contributed by atoms with E-state index in [4.69, 9.17) is 5.73 Å². The van der Waals surface area contributed by atoms with Crippen LogP contribution in [0, 0.1) is 23.7 Å². The Morgan fingerprint density at radius 3 is 2.75 bits per heavy atom. The molecule has 1 aliphatic carbocycles. The molecule has 1 aromatic rings. The Morgan fingerprint density at radius 1 is 1.40 bits per heavy atom. The fourth-order valence-electron chi connectivity index (χ4n) is 3.05. The Balaban J connectivity index is 2.03. The maximum absolute atomic E-state index is 12.4. The van der Waals surface area contributed by atoms with Crippen molar-refractivity contribution in [1.29, 1.82) is 0 Å². The van der Waals surface area contributed by atoms with Crippen LogP contribution in [-0.2, 0) is 0 Å². The van der Waals surface area contributed by atoms with Gasteiger partial charge in [-0.05, 0) is 42.5 Å². The van der Waals surface area contributed by atoms with Crippen molar-refractivity contribution in [3.05, 3.63) is 21.9 Å². The standard InChI is InChI=1S/C16H22N2OS/c1-11-8-12(2)10-14(9-11)18-16(19)15-13(4-3-6-17)5-7-20-15/h5,7,11-12,14H,6,8-10,17H2,1-2H3,(H,18,19). The second-order valence-corrected chi connectivity index (χ2v) is 6.67. The predicted molar refractivity (Wildman–Crippen MR) is 83.7 cm³/mol. The summed E-state index contributed by atoms with van der Waals surface area (Å²) in [6.07, 6.45) is 3.41. The molecule has 0 aromatic carbocycles. The van der Waals surface area contributed by atoms with Gasteiger partial charge in [0.05, 0.1) is 6.54 Å². The van der Waals surface area contributed by atoms with E-state index in [1.165, 1.54) is 17.8 Å². The van der Waals surface area contributed by atoms with Crippen molar-refractivity contribution >= 4 is 17.2 Å². The molecule has 2 atom stereocenters. The zero-order valence-corrected chi connectivity index (χ0v) is 12.9. The zero-order chi connectivity index (χ0) is 14.5. The van der Waals surface area contributed by atoms with Crippen molar-refractivity contribution < 1.29 is 4.79 Å². The summed E-state index contributed by atoms with van der Waals surface area (Å²) >= 11 is 1.44. The molecule has 1 aromatic heterocycles. The van der Waals surface area contributed by atoms with Gasteiger partial charge in [0.1, 0.15) is 4.88 Å². The Morgan fingerprint density at radius 2 is 2.10 bits per heavy atom. The number of hydrogen-bond donors (Lipinski definition) is 2. The van der Waals surface area contributed by atoms with Crippen LogP contribution in [0.15, 0.2) is 11.4 Å². The molecule has 3 nitrogen and oxygen atoms in total. The van der Waals surface area contributed by atoms with Crippen LogP contribution in [0.4, 0.5) is 0 Å². The first-order valence-electron chi connectivity index (χ1n) is 7.17. The molecule has 2 unspecified atom stereocenters. The lowest BCUT2D eigenvalue weighted by atomic mass is 9.80. The topological polar surface area (TPSA) is 55.1 Å². The molecule has 0 bridgehead atoms. The summed E-state index contributed by atoms with van der Waals surface area (Å²) in [6.45, 7) is 4.84. The van der Waals surface area contributed by atoms with Crippen LogP contribution in [0.1, 0.15) is 48.3 Å². The van der Waals surface area contributed by atoms with Gasteiger partial charge < -0.3 is 11.1 Å². The van der Waals surface area contributed by atoms with Crippen LogP contribution >= 0.6 is 11.3 Å². The monoisotopic (exact) mass is 290 g/mol. The second-order valence-electron chi connectivity index (χ2n) is 5.76. The van der Waals surface area contributed by atoms with E-state index < -0.39 is 0 Å². The van der Waals surface area contributed by atoms with Crippen LogP contribution in [0.2, 0.25) is 0 Å². The van der Waals surface area contributed by atoms with Gasteiger partial charge in [0, 0.05) is 11.6 Å². The molecule has 2 rings (SSSR count). The summed E-state index contributed by atoms with van der Waals surface area (Å²) in [5, 5.41) is 5.08. The van der Waals surface area contributed by atoms with Crippen molar-refractivity contribution in [2.24, 2.45) is 17.6 Å². The van der Waals surface area contributed by atoms with Gasteiger partial charge in [0.2, 0.25) is 0 Å². The average molecular weight is 290 g/mol. The molecule has 1 saturated carbocycles. The summed E-state index contributed by atoms with van der Waals surface area (Å²) in [7, 11) is 0. The molecule has 1 heterocycles. The highest BCUT2D eigenvalue weighted by Gasteiger charge is 2.26. The van der Waals surface area contributed by atoms with Gasteiger partial charge in [-0.25, -0.2) is 0 Å². The fraction of sp³-hybridized carbons (Fsp3) is 0.562. The van der Waals surface area contributed by atoms with Crippen molar-refractivity contribution in [3.8, 4) is 11.8 Å². The SMILES string of the molecule is CC1CC(C)CC(NC(=O)c2sccc2C#CCN)C1. The molecule has 1 amide bonds. The van der Waals surface area contributed by atoms with Gasteiger partial charge >= 0.3 is 0 Å². The van der Waals surface area contributed by atoms with Crippen molar-refractivity contribution in [1.82, 2.24) is 5.32 Å². The molecule has 108 valence electrons. The Hall–Kier alpha value is -1.31. The van der Waals surface area contributed by atoms with Crippen LogP contribution in [0.3, 0.4) is 0 Å². The largest absolute Gasteiger partial charge is 0.349 e. The minimum Gasteiger partial charge on any atom is -0.349 e. The van der Waals surface area contributed by atoms with E-state index in [1.807, 2.05) is 11.4 Å².